The van der Waals surface area contributed by atoms with Crippen molar-refractivity contribution in [3.63, 3.8) is 0 Å². The molecule has 100 valence electrons. The van der Waals surface area contributed by atoms with Gasteiger partial charge in [0.05, 0.1) is 6.04 Å². The molecule has 0 aliphatic carbocycles. The number of nitrogens with two attached hydrogens (primary N) is 1. The topological polar surface area (TPSA) is 66.6 Å². The van der Waals surface area contributed by atoms with Gasteiger partial charge in [0.2, 0.25) is 5.91 Å². The van der Waals surface area contributed by atoms with Crippen LogP contribution in [0.2, 0.25) is 0 Å². The lowest BCUT2D eigenvalue weighted by atomic mass is 9.93. The molecule has 0 aromatic rings. The highest BCUT2D eigenvalue weighted by Gasteiger charge is 2.28. The zero-order valence-corrected chi connectivity index (χ0v) is 11.1. The van der Waals surface area contributed by atoms with Crippen LogP contribution in [0.15, 0.2) is 0 Å². The Labute approximate surface area is 104 Å². The van der Waals surface area contributed by atoms with Crippen molar-refractivity contribution < 1.29 is 9.90 Å². The van der Waals surface area contributed by atoms with E-state index in [1.165, 1.54) is 0 Å². The Morgan fingerprint density at radius 3 is 2.88 bits per heavy atom. The van der Waals surface area contributed by atoms with E-state index in [9.17, 15) is 4.79 Å². The van der Waals surface area contributed by atoms with Crippen molar-refractivity contribution in [1.82, 2.24) is 4.90 Å². The van der Waals surface area contributed by atoms with Crippen molar-refractivity contribution in [2.24, 2.45) is 17.6 Å². The van der Waals surface area contributed by atoms with Gasteiger partial charge in [0.15, 0.2) is 0 Å². The van der Waals surface area contributed by atoms with Crippen molar-refractivity contribution in [1.29, 1.82) is 0 Å². The summed E-state index contributed by atoms with van der Waals surface area (Å²) in [4.78, 5) is 14.1. The Balaban J connectivity index is 2.51. The molecule has 1 heterocycles. The van der Waals surface area contributed by atoms with Gasteiger partial charge in [-0.1, -0.05) is 20.3 Å². The van der Waals surface area contributed by atoms with E-state index in [0.717, 1.165) is 38.8 Å². The molecule has 0 aromatic carbocycles. The SMILES string of the molecule is CC[C@H](C)[C@H](N)C(=O)N1CCCC(CCO)C1. The van der Waals surface area contributed by atoms with Gasteiger partial charge < -0.3 is 15.7 Å². The highest BCUT2D eigenvalue weighted by molar-refractivity contribution is 5.82. The lowest BCUT2D eigenvalue weighted by Crippen LogP contribution is -2.50. The molecule has 1 rings (SSSR count). The second kappa shape index (κ2) is 6.97. The molecule has 1 fully saturated rings. The van der Waals surface area contributed by atoms with Gasteiger partial charge in [-0.3, -0.25) is 4.79 Å². The quantitative estimate of drug-likeness (QED) is 0.755. The minimum absolute atomic E-state index is 0.0852. The Kier molecular flexibility index (Phi) is 5.92. The largest absolute Gasteiger partial charge is 0.396 e. The lowest BCUT2D eigenvalue weighted by molar-refractivity contribution is -0.135. The van der Waals surface area contributed by atoms with E-state index < -0.39 is 0 Å². The first-order valence-corrected chi connectivity index (χ1v) is 6.75. The molecule has 0 bridgehead atoms. The van der Waals surface area contributed by atoms with E-state index in [-0.39, 0.29) is 24.5 Å². The van der Waals surface area contributed by atoms with Gasteiger partial charge in [-0.15, -0.1) is 0 Å². The molecule has 1 unspecified atom stereocenters. The van der Waals surface area contributed by atoms with Gasteiger partial charge in [-0.25, -0.2) is 0 Å². The maximum absolute atomic E-state index is 12.2. The summed E-state index contributed by atoms with van der Waals surface area (Å²) in [6, 6.07) is -0.368. The number of aliphatic hydroxyl groups is 1. The average molecular weight is 242 g/mol. The van der Waals surface area contributed by atoms with Crippen LogP contribution in [0.4, 0.5) is 0 Å². The summed E-state index contributed by atoms with van der Waals surface area (Å²) in [6.45, 7) is 5.89. The Morgan fingerprint density at radius 1 is 1.59 bits per heavy atom. The van der Waals surface area contributed by atoms with E-state index in [4.69, 9.17) is 10.8 Å². The van der Waals surface area contributed by atoms with Crippen molar-refractivity contribution in [3.8, 4) is 0 Å². The second-order valence-corrected chi connectivity index (χ2v) is 5.22. The van der Waals surface area contributed by atoms with E-state index in [0.29, 0.717) is 5.92 Å². The number of likely N-dealkylation sites (tertiary alicyclic amines) is 1. The molecule has 4 nitrogen and oxygen atoms in total. The fourth-order valence-corrected chi connectivity index (χ4v) is 2.39. The maximum atomic E-state index is 12.2. The first kappa shape index (κ1) is 14.5. The lowest BCUT2D eigenvalue weighted by Gasteiger charge is -2.35. The van der Waals surface area contributed by atoms with E-state index in [2.05, 4.69) is 6.92 Å². The highest BCUT2D eigenvalue weighted by Crippen LogP contribution is 2.20. The summed E-state index contributed by atoms with van der Waals surface area (Å²) in [5, 5.41) is 8.95. The summed E-state index contributed by atoms with van der Waals surface area (Å²) < 4.78 is 0. The number of rotatable bonds is 5. The van der Waals surface area contributed by atoms with Crippen molar-refractivity contribution in [2.45, 2.75) is 45.6 Å². The summed E-state index contributed by atoms with van der Waals surface area (Å²) in [7, 11) is 0. The van der Waals surface area contributed by atoms with Crippen LogP contribution in [0, 0.1) is 11.8 Å². The van der Waals surface area contributed by atoms with Gasteiger partial charge in [-0.05, 0) is 31.1 Å². The predicted molar refractivity (Wildman–Crippen MR) is 68.4 cm³/mol. The van der Waals surface area contributed by atoms with Gasteiger partial charge in [0.25, 0.3) is 0 Å². The van der Waals surface area contributed by atoms with E-state index in [1.54, 1.807) is 0 Å². The monoisotopic (exact) mass is 242 g/mol. The zero-order valence-electron chi connectivity index (χ0n) is 11.1. The van der Waals surface area contributed by atoms with E-state index in [1.807, 2.05) is 11.8 Å². The Morgan fingerprint density at radius 2 is 2.29 bits per heavy atom. The molecule has 1 amide bonds. The molecule has 4 heteroatoms. The van der Waals surface area contributed by atoms with Crippen LogP contribution in [0.25, 0.3) is 0 Å². The van der Waals surface area contributed by atoms with Crippen molar-refractivity contribution in [2.75, 3.05) is 19.7 Å². The number of hydrogen-bond donors (Lipinski definition) is 2. The summed E-state index contributed by atoms with van der Waals surface area (Å²) in [5.41, 5.74) is 5.98. The average Bonchev–Trinajstić information content (AvgIpc) is 2.36. The number of aliphatic hydroxyl groups excluding tert-OH is 1. The maximum Gasteiger partial charge on any atom is 0.239 e. The number of carbonyl (C=O) groups excluding carboxylic acids is 1. The molecule has 1 aliphatic rings. The van der Waals surface area contributed by atoms with Crippen LogP contribution >= 0.6 is 0 Å². The molecule has 0 aromatic heterocycles. The van der Waals surface area contributed by atoms with Crippen molar-refractivity contribution >= 4 is 5.91 Å². The number of piperidine rings is 1. The number of nitrogens with zero attached hydrogens (tertiary/aromatic N) is 1. The second-order valence-electron chi connectivity index (χ2n) is 5.22. The smallest absolute Gasteiger partial charge is 0.239 e. The first-order chi connectivity index (χ1) is 8.10. The molecule has 1 saturated heterocycles. The van der Waals surface area contributed by atoms with Gasteiger partial charge >= 0.3 is 0 Å². The molecule has 17 heavy (non-hydrogen) atoms. The van der Waals surface area contributed by atoms with E-state index >= 15 is 0 Å². The predicted octanol–water partition coefficient (Wildman–Crippen LogP) is 0.981. The molecule has 0 saturated carbocycles. The standard InChI is InChI=1S/C13H26N2O2/c1-3-10(2)12(14)13(17)15-7-4-5-11(9-15)6-8-16/h10-12,16H,3-9,14H2,1-2H3/t10-,11?,12-/m0/s1. The van der Waals surface area contributed by atoms with Crippen molar-refractivity contribution in [3.05, 3.63) is 0 Å². The molecule has 0 spiro atoms. The summed E-state index contributed by atoms with van der Waals surface area (Å²) in [6.07, 6.45) is 3.87. The highest BCUT2D eigenvalue weighted by atomic mass is 16.3. The van der Waals surface area contributed by atoms with Crippen LogP contribution in [-0.2, 0) is 4.79 Å². The summed E-state index contributed by atoms with van der Waals surface area (Å²) in [5.74, 6) is 0.768. The van der Waals surface area contributed by atoms with Crippen LogP contribution in [0.1, 0.15) is 39.5 Å². The Hall–Kier alpha value is -0.610. The molecule has 3 N–H and O–H groups in total. The van der Waals surface area contributed by atoms with Gasteiger partial charge in [0.1, 0.15) is 0 Å². The third kappa shape index (κ3) is 3.96. The van der Waals surface area contributed by atoms with Gasteiger partial charge in [-0.2, -0.15) is 0 Å². The van der Waals surface area contributed by atoms with Crippen LogP contribution in [0.3, 0.4) is 0 Å². The van der Waals surface area contributed by atoms with Gasteiger partial charge in [0, 0.05) is 19.7 Å². The molecular weight excluding hydrogens is 216 g/mol. The van der Waals surface area contributed by atoms with Crippen LogP contribution in [0.5, 0.6) is 0 Å². The number of hydrogen-bond acceptors (Lipinski definition) is 3. The summed E-state index contributed by atoms with van der Waals surface area (Å²) >= 11 is 0. The molecule has 3 atom stereocenters. The van der Waals surface area contributed by atoms with Crippen LogP contribution < -0.4 is 5.73 Å². The molecular formula is C13H26N2O2. The zero-order chi connectivity index (χ0) is 12.8. The fourth-order valence-electron chi connectivity index (χ4n) is 2.39. The molecule has 1 aliphatic heterocycles. The third-order valence-corrected chi connectivity index (χ3v) is 3.91. The first-order valence-electron chi connectivity index (χ1n) is 6.75. The minimum Gasteiger partial charge on any atom is -0.396 e. The number of carbonyl (C=O) groups is 1. The minimum atomic E-state index is -0.368. The molecule has 0 radical (unpaired) electrons. The number of amides is 1. The third-order valence-electron chi connectivity index (χ3n) is 3.91. The van der Waals surface area contributed by atoms with Crippen LogP contribution in [-0.4, -0.2) is 41.7 Å². The Bertz CT molecular complexity index is 244. The normalized spacial score (nSPS) is 24.5. The fraction of sp³-hybridized carbons (Fsp3) is 0.923.